The fourth-order valence-electron chi connectivity index (χ4n) is 4.10. The van der Waals surface area contributed by atoms with Gasteiger partial charge in [-0.1, -0.05) is 42.5 Å². The summed E-state index contributed by atoms with van der Waals surface area (Å²) in [6.07, 6.45) is 2.94. The van der Waals surface area contributed by atoms with Gasteiger partial charge in [-0.15, -0.1) is 0 Å². The number of benzene rings is 2. The van der Waals surface area contributed by atoms with E-state index in [2.05, 4.69) is 22.5 Å². The molecular weight excluding hydrogens is 378 g/mol. The summed E-state index contributed by atoms with van der Waals surface area (Å²) < 4.78 is 7.04. The van der Waals surface area contributed by atoms with Crippen LogP contribution in [0.3, 0.4) is 0 Å². The Balaban J connectivity index is 1.41. The van der Waals surface area contributed by atoms with Crippen molar-refractivity contribution < 1.29 is 14.3 Å². The monoisotopic (exact) mass is 403 g/mol. The molecule has 0 saturated heterocycles. The van der Waals surface area contributed by atoms with Gasteiger partial charge in [-0.2, -0.15) is 5.10 Å². The number of nitrogens with zero attached hydrogens (tertiary/aromatic N) is 2. The second kappa shape index (κ2) is 8.53. The first-order valence-electron chi connectivity index (χ1n) is 10.2. The van der Waals surface area contributed by atoms with Crippen molar-refractivity contribution in [3.8, 4) is 5.69 Å². The Kier molecular flexibility index (Phi) is 5.65. The van der Waals surface area contributed by atoms with Gasteiger partial charge in [0.05, 0.1) is 23.1 Å². The number of hydrogen-bond donors (Lipinski definition) is 1. The van der Waals surface area contributed by atoms with Crippen LogP contribution < -0.4 is 5.32 Å². The Hall–Kier alpha value is -3.41. The third-order valence-corrected chi connectivity index (χ3v) is 5.54. The average Bonchev–Trinajstić information content (AvgIpc) is 3.07. The number of amides is 1. The second-order valence-electron chi connectivity index (χ2n) is 7.58. The van der Waals surface area contributed by atoms with Crippen molar-refractivity contribution in [1.82, 2.24) is 15.1 Å². The van der Waals surface area contributed by atoms with E-state index in [1.807, 2.05) is 49.4 Å². The fraction of sp³-hybridized carbons (Fsp3) is 0.292. The summed E-state index contributed by atoms with van der Waals surface area (Å²) in [4.78, 5) is 25.1. The molecule has 0 radical (unpaired) electrons. The number of esters is 1. The lowest BCUT2D eigenvalue weighted by Crippen LogP contribution is -2.34. The van der Waals surface area contributed by atoms with Crippen LogP contribution in [-0.4, -0.2) is 28.3 Å². The minimum atomic E-state index is -0.536. The standard InChI is InChI=1S/C24H25N3O3/c1-16-23(17(2)27(26-16)19-11-4-3-5-12-19)24(29)30-15-22(28)25-21-14-8-10-18-9-6-7-13-20(18)21/h3-7,9,11-13,21H,8,10,14-15H2,1-2H3,(H,25,28)/t21-/m0/s1. The molecule has 1 aliphatic rings. The predicted octanol–water partition coefficient (Wildman–Crippen LogP) is 3.84. The van der Waals surface area contributed by atoms with Crippen molar-refractivity contribution in [3.63, 3.8) is 0 Å². The van der Waals surface area contributed by atoms with Crippen molar-refractivity contribution in [3.05, 3.63) is 82.7 Å². The van der Waals surface area contributed by atoms with Gasteiger partial charge >= 0.3 is 5.97 Å². The van der Waals surface area contributed by atoms with Crippen molar-refractivity contribution >= 4 is 11.9 Å². The maximum absolute atomic E-state index is 12.7. The van der Waals surface area contributed by atoms with E-state index >= 15 is 0 Å². The highest BCUT2D eigenvalue weighted by Crippen LogP contribution is 2.29. The summed E-state index contributed by atoms with van der Waals surface area (Å²) in [6.45, 7) is 3.28. The highest BCUT2D eigenvalue weighted by Gasteiger charge is 2.24. The minimum Gasteiger partial charge on any atom is -0.452 e. The number of hydrogen-bond acceptors (Lipinski definition) is 4. The molecule has 1 N–H and O–H groups in total. The van der Waals surface area contributed by atoms with Gasteiger partial charge < -0.3 is 10.1 Å². The summed E-state index contributed by atoms with van der Waals surface area (Å²) in [6, 6.07) is 17.7. The molecule has 0 fully saturated rings. The van der Waals surface area contributed by atoms with E-state index < -0.39 is 5.97 Å². The van der Waals surface area contributed by atoms with E-state index in [1.54, 1.807) is 11.6 Å². The topological polar surface area (TPSA) is 73.2 Å². The van der Waals surface area contributed by atoms with E-state index in [0.29, 0.717) is 17.0 Å². The number of nitrogens with one attached hydrogen (secondary N) is 1. The van der Waals surface area contributed by atoms with Crippen LogP contribution in [0.4, 0.5) is 0 Å². The number of para-hydroxylation sites is 1. The van der Waals surface area contributed by atoms with Gasteiger partial charge in [0.1, 0.15) is 5.56 Å². The number of ether oxygens (including phenoxy) is 1. The fourth-order valence-corrected chi connectivity index (χ4v) is 4.10. The molecule has 0 aliphatic heterocycles. The molecule has 1 aliphatic carbocycles. The molecule has 1 atom stereocenters. The maximum Gasteiger partial charge on any atom is 0.342 e. The van der Waals surface area contributed by atoms with Crippen molar-refractivity contribution in [2.45, 2.75) is 39.2 Å². The number of fused-ring (bicyclic) bond motifs is 1. The van der Waals surface area contributed by atoms with E-state index in [4.69, 9.17) is 4.74 Å². The average molecular weight is 403 g/mol. The predicted molar refractivity (Wildman–Crippen MR) is 114 cm³/mol. The van der Waals surface area contributed by atoms with Gasteiger partial charge in [0.15, 0.2) is 6.61 Å². The molecule has 6 heteroatoms. The molecule has 0 saturated carbocycles. The van der Waals surface area contributed by atoms with Crippen LogP contribution in [0.15, 0.2) is 54.6 Å². The van der Waals surface area contributed by atoms with Gasteiger partial charge in [0, 0.05) is 0 Å². The Morgan fingerprint density at radius 2 is 1.83 bits per heavy atom. The molecule has 0 spiro atoms. The molecule has 4 rings (SSSR count). The molecule has 0 unspecified atom stereocenters. The molecule has 1 amide bonds. The summed E-state index contributed by atoms with van der Waals surface area (Å²) in [5.74, 6) is -0.831. The van der Waals surface area contributed by atoms with Crippen LogP contribution in [0.5, 0.6) is 0 Å². The molecule has 2 aromatic carbocycles. The Bertz CT molecular complexity index is 1070. The Morgan fingerprint density at radius 3 is 2.63 bits per heavy atom. The molecule has 30 heavy (non-hydrogen) atoms. The Morgan fingerprint density at radius 1 is 1.10 bits per heavy atom. The largest absolute Gasteiger partial charge is 0.452 e. The summed E-state index contributed by atoms with van der Waals surface area (Å²) in [5, 5.41) is 7.47. The highest BCUT2D eigenvalue weighted by molar-refractivity contribution is 5.93. The first-order valence-corrected chi connectivity index (χ1v) is 10.2. The third-order valence-electron chi connectivity index (χ3n) is 5.54. The molecule has 6 nitrogen and oxygen atoms in total. The number of carbonyl (C=O) groups is 2. The van der Waals surface area contributed by atoms with Gasteiger partial charge in [-0.25, -0.2) is 9.48 Å². The van der Waals surface area contributed by atoms with Gasteiger partial charge in [-0.3, -0.25) is 4.79 Å². The smallest absolute Gasteiger partial charge is 0.342 e. The number of carbonyl (C=O) groups excluding carboxylic acids is 2. The normalized spacial score (nSPS) is 15.3. The van der Waals surface area contributed by atoms with Crippen LogP contribution in [-0.2, 0) is 16.0 Å². The summed E-state index contributed by atoms with van der Waals surface area (Å²) >= 11 is 0. The first kappa shape index (κ1) is 19.9. The lowest BCUT2D eigenvalue weighted by molar-refractivity contribution is -0.125. The van der Waals surface area contributed by atoms with Crippen molar-refractivity contribution in [1.29, 1.82) is 0 Å². The van der Waals surface area contributed by atoms with Gasteiger partial charge in [-0.05, 0) is 56.4 Å². The summed E-state index contributed by atoms with van der Waals surface area (Å²) in [7, 11) is 0. The van der Waals surface area contributed by atoms with Crippen molar-refractivity contribution in [2.75, 3.05) is 6.61 Å². The zero-order valence-electron chi connectivity index (χ0n) is 17.2. The maximum atomic E-state index is 12.7. The second-order valence-corrected chi connectivity index (χ2v) is 7.58. The zero-order chi connectivity index (χ0) is 21.1. The molecular formula is C24H25N3O3. The van der Waals surface area contributed by atoms with E-state index in [9.17, 15) is 9.59 Å². The number of rotatable bonds is 5. The van der Waals surface area contributed by atoms with Crippen LogP contribution in [0, 0.1) is 13.8 Å². The molecule has 1 heterocycles. The van der Waals surface area contributed by atoms with Crippen LogP contribution in [0.1, 0.15) is 51.8 Å². The first-order chi connectivity index (χ1) is 14.5. The lowest BCUT2D eigenvalue weighted by atomic mass is 9.88. The minimum absolute atomic E-state index is 0.0366. The third kappa shape index (κ3) is 3.99. The van der Waals surface area contributed by atoms with E-state index in [1.165, 1.54) is 5.56 Å². The quantitative estimate of drug-likeness (QED) is 0.657. The SMILES string of the molecule is Cc1nn(-c2ccccc2)c(C)c1C(=O)OCC(=O)N[C@H]1CCCc2ccccc21. The number of aromatic nitrogens is 2. The van der Waals surface area contributed by atoms with Crippen LogP contribution in [0.25, 0.3) is 5.69 Å². The molecule has 3 aromatic rings. The van der Waals surface area contributed by atoms with Gasteiger partial charge in [0.25, 0.3) is 5.91 Å². The van der Waals surface area contributed by atoms with Crippen LogP contribution >= 0.6 is 0 Å². The lowest BCUT2D eigenvalue weighted by Gasteiger charge is -2.26. The summed E-state index contributed by atoms with van der Waals surface area (Å²) in [5.41, 5.74) is 4.94. The van der Waals surface area contributed by atoms with Gasteiger partial charge in [0.2, 0.25) is 0 Å². The van der Waals surface area contributed by atoms with E-state index in [-0.39, 0.29) is 18.6 Å². The van der Waals surface area contributed by atoms with E-state index in [0.717, 1.165) is 30.5 Å². The molecule has 1 aromatic heterocycles. The van der Waals surface area contributed by atoms with Crippen LogP contribution in [0.2, 0.25) is 0 Å². The Labute approximate surface area is 175 Å². The molecule has 154 valence electrons. The zero-order valence-corrected chi connectivity index (χ0v) is 17.2. The van der Waals surface area contributed by atoms with Crippen molar-refractivity contribution in [2.24, 2.45) is 0 Å². The molecule has 0 bridgehead atoms. The highest BCUT2D eigenvalue weighted by atomic mass is 16.5. The number of aryl methyl sites for hydroxylation is 2.